The zero-order valence-electron chi connectivity index (χ0n) is 18.7. The molecule has 2 aromatic rings. The maximum absolute atomic E-state index is 8.99. The van der Waals surface area contributed by atoms with E-state index in [1.165, 1.54) is 50.5 Å². The Labute approximate surface area is 193 Å². The molecule has 170 valence electrons. The number of benzene rings is 2. The van der Waals surface area contributed by atoms with Crippen LogP contribution in [0.4, 0.5) is 0 Å². The van der Waals surface area contributed by atoms with Crippen LogP contribution >= 0.6 is 11.6 Å². The van der Waals surface area contributed by atoms with Crippen molar-refractivity contribution in [3.05, 3.63) is 59.1 Å². The Morgan fingerprint density at radius 1 is 1.00 bits per heavy atom. The second kappa shape index (κ2) is 13.8. The molecule has 0 aromatic heterocycles. The molecular formula is C27H38ClNO2. The van der Waals surface area contributed by atoms with Gasteiger partial charge in [0.05, 0.1) is 0 Å². The number of nitrogens with one attached hydrogen (secondary N) is 1. The molecule has 0 radical (unpaired) electrons. The van der Waals surface area contributed by atoms with Crippen LogP contribution in [0.2, 0.25) is 5.02 Å². The predicted molar refractivity (Wildman–Crippen MR) is 130 cm³/mol. The first-order chi connectivity index (χ1) is 15.2. The number of hydrogen-bond acceptors (Lipinski definition) is 3. The minimum Gasteiger partial charge on any atom is -0.457 e. The number of hydrogen-bond donors (Lipinski definition) is 2. The van der Waals surface area contributed by atoms with Gasteiger partial charge in [0.2, 0.25) is 0 Å². The number of aliphatic hydroxyl groups is 1. The van der Waals surface area contributed by atoms with E-state index in [0.717, 1.165) is 54.8 Å². The second-order valence-corrected chi connectivity index (χ2v) is 9.42. The van der Waals surface area contributed by atoms with E-state index in [0.29, 0.717) is 12.5 Å². The molecule has 1 aliphatic rings. The lowest BCUT2D eigenvalue weighted by atomic mass is 9.81. The van der Waals surface area contributed by atoms with Crippen LogP contribution in [0, 0.1) is 11.8 Å². The molecule has 4 heteroatoms. The van der Waals surface area contributed by atoms with Crippen molar-refractivity contribution in [1.82, 2.24) is 5.32 Å². The van der Waals surface area contributed by atoms with E-state index in [-0.39, 0.29) is 0 Å². The third-order valence-electron chi connectivity index (χ3n) is 6.38. The molecule has 0 saturated heterocycles. The molecule has 0 amide bonds. The highest BCUT2D eigenvalue weighted by Gasteiger charge is 2.19. The van der Waals surface area contributed by atoms with Gasteiger partial charge in [-0.15, -0.1) is 0 Å². The summed E-state index contributed by atoms with van der Waals surface area (Å²) >= 11 is 5.97. The van der Waals surface area contributed by atoms with Crippen LogP contribution in [0.25, 0.3) is 0 Å². The summed E-state index contributed by atoms with van der Waals surface area (Å²) in [7, 11) is 0. The summed E-state index contributed by atoms with van der Waals surface area (Å²) in [5.74, 6) is 3.30. The first-order valence-corrected chi connectivity index (χ1v) is 12.4. The van der Waals surface area contributed by atoms with Crippen LogP contribution < -0.4 is 10.1 Å². The molecule has 1 saturated carbocycles. The summed E-state index contributed by atoms with van der Waals surface area (Å²) in [6.07, 6.45) is 12.6. The molecule has 1 unspecified atom stereocenters. The standard InChI is InChI=1S/C27H38ClNO2/c28-25-13-15-26(16-14-25)31-27-10-6-9-23(20-27)11-12-24(21-29-17-4-5-18-30)19-22-7-2-1-3-8-22/h6,9-10,13-16,20,22,24,29-30H,1-5,7-8,11-12,17-19,21H2. The highest BCUT2D eigenvalue weighted by atomic mass is 35.5. The van der Waals surface area contributed by atoms with Crippen LogP contribution in [0.15, 0.2) is 48.5 Å². The van der Waals surface area contributed by atoms with Gasteiger partial charge in [-0.2, -0.15) is 0 Å². The third kappa shape index (κ3) is 9.22. The lowest BCUT2D eigenvalue weighted by molar-refractivity contribution is 0.268. The van der Waals surface area contributed by atoms with Crippen molar-refractivity contribution in [2.24, 2.45) is 11.8 Å². The third-order valence-corrected chi connectivity index (χ3v) is 6.63. The quantitative estimate of drug-likeness (QED) is 0.327. The number of unbranched alkanes of at least 4 members (excludes halogenated alkanes) is 1. The Bertz CT molecular complexity index is 743. The molecule has 1 aliphatic carbocycles. The van der Waals surface area contributed by atoms with Gasteiger partial charge in [0, 0.05) is 11.6 Å². The van der Waals surface area contributed by atoms with Gasteiger partial charge >= 0.3 is 0 Å². The normalized spacial score (nSPS) is 15.7. The van der Waals surface area contributed by atoms with E-state index in [1.807, 2.05) is 30.3 Å². The topological polar surface area (TPSA) is 41.5 Å². The lowest BCUT2D eigenvalue weighted by Gasteiger charge is -2.27. The average molecular weight is 444 g/mol. The van der Waals surface area contributed by atoms with E-state index in [9.17, 15) is 0 Å². The van der Waals surface area contributed by atoms with Gasteiger partial charge in [0.25, 0.3) is 0 Å². The van der Waals surface area contributed by atoms with Gasteiger partial charge in [0.15, 0.2) is 0 Å². The van der Waals surface area contributed by atoms with Crippen molar-refractivity contribution in [2.75, 3.05) is 19.7 Å². The second-order valence-electron chi connectivity index (χ2n) is 8.98. The summed E-state index contributed by atoms with van der Waals surface area (Å²) in [5, 5.41) is 13.4. The Kier molecular flexibility index (Phi) is 10.7. The molecule has 31 heavy (non-hydrogen) atoms. The fourth-order valence-corrected chi connectivity index (χ4v) is 4.77. The molecule has 1 atom stereocenters. The fourth-order valence-electron chi connectivity index (χ4n) is 4.64. The van der Waals surface area contributed by atoms with E-state index < -0.39 is 0 Å². The van der Waals surface area contributed by atoms with Crippen LogP contribution in [0.3, 0.4) is 0 Å². The van der Waals surface area contributed by atoms with Crippen molar-refractivity contribution >= 4 is 11.6 Å². The smallest absolute Gasteiger partial charge is 0.127 e. The van der Waals surface area contributed by atoms with Crippen molar-refractivity contribution < 1.29 is 9.84 Å². The molecule has 0 spiro atoms. The van der Waals surface area contributed by atoms with Crippen molar-refractivity contribution in [3.8, 4) is 11.5 Å². The highest BCUT2D eigenvalue weighted by molar-refractivity contribution is 6.30. The summed E-state index contributed by atoms with van der Waals surface area (Å²) in [6.45, 7) is 2.39. The summed E-state index contributed by atoms with van der Waals surface area (Å²) in [4.78, 5) is 0. The number of aryl methyl sites for hydroxylation is 1. The Morgan fingerprint density at radius 3 is 2.58 bits per heavy atom. The maximum Gasteiger partial charge on any atom is 0.127 e. The molecule has 3 nitrogen and oxygen atoms in total. The van der Waals surface area contributed by atoms with Crippen molar-refractivity contribution in [3.63, 3.8) is 0 Å². The van der Waals surface area contributed by atoms with E-state index in [4.69, 9.17) is 21.4 Å². The average Bonchev–Trinajstić information content (AvgIpc) is 2.80. The van der Waals surface area contributed by atoms with E-state index >= 15 is 0 Å². The molecule has 2 aromatic carbocycles. The lowest BCUT2D eigenvalue weighted by Crippen LogP contribution is -2.26. The molecule has 2 N–H and O–H groups in total. The van der Waals surface area contributed by atoms with Crippen LogP contribution in [-0.2, 0) is 6.42 Å². The van der Waals surface area contributed by atoms with Crippen LogP contribution in [0.1, 0.15) is 63.4 Å². The van der Waals surface area contributed by atoms with Crippen LogP contribution in [-0.4, -0.2) is 24.8 Å². The molecule has 3 rings (SSSR count). The first kappa shape index (κ1) is 24.1. The molecule has 0 heterocycles. The Balaban J connectivity index is 1.52. The highest BCUT2D eigenvalue weighted by Crippen LogP contribution is 2.31. The summed E-state index contributed by atoms with van der Waals surface area (Å²) in [5.41, 5.74) is 1.33. The molecular weight excluding hydrogens is 406 g/mol. The number of aliphatic hydroxyl groups excluding tert-OH is 1. The summed E-state index contributed by atoms with van der Waals surface area (Å²) in [6, 6.07) is 16.0. The van der Waals surface area contributed by atoms with Gasteiger partial charge in [-0.05, 0) is 99.0 Å². The Hall–Kier alpha value is -1.55. The predicted octanol–water partition coefficient (Wildman–Crippen LogP) is 7.01. The minimum absolute atomic E-state index is 0.293. The van der Waals surface area contributed by atoms with E-state index in [2.05, 4.69) is 23.5 Å². The van der Waals surface area contributed by atoms with Gasteiger partial charge in [-0.3, -0.25) is 0 Å². The monoisotopic (exact) mass is 443 g/mol. The first-order valence-electron chi connectivity index (χ1n) is 12.1. The number of ether oxygens (including phenoxy) is 1. The maximum atomic E-state index is 8.99. The zero-order chi connectivity index (χ0) is 21.7. The summed E-state index contributed by atoms with van der Waals surface area (Å²) < 4.78 is 6.01. The fraction of sp³-hybridized carbons (Fsp3) is 0.556. The van der Waals surface area contributed by atoms with Crippen molar-refractivity contribution in [2.45, 2.75) is 64.2 Å². The van der Waals surface area contributed by atoms with Gasteiger partial charge in [0.1, 0.15) is 11.5 Å². The van der Waals surface area contributed by atoms with Gasteiger partial charge in [-0.1, -0.05) is 55.8 Å². The van der Waals surface area contributed by atoms with Crippen LogP contribution in [0.5, 0.6) is 11.5 Å². The largest absolute Gasteiger partial charge is 0.457 e. The molecule has 0 bridgehead atoms. The number of rotatable bonds is 13. The minimum atomic E-state index is 0.293. The van der Waals surface area contributed by atoms with Gasteiger partial charge in [-0.25, -0.2) is 0 Å². The SMILES string of the molecule is OCCCCNCC(CCc1cccc(Oc2ccc(Cl)cc2)c1)CC1CCCCC1. The zero-order valence-corrected chi connectivity index (χ0v) is 19.5. The van der Waals surface area contributed by atoms with Gasteiger partial charge < -0.3 is 15.2 Å². The molecule has 0 aliphatic heterocycles. The van der Waals surface area contributed by atoms with Crippen molar-refractivity contribution in [1.29, 1.82) is 0 Å². The molecule has 1 fully saturated rings. The van der Waals surface area contributed by atoms with E-state index in [1.54, 1.807) is 0 Å². The Morgan fingerprint density at radius 2 is 1.81 bits per heavy atom. The number of halogens is 1.